The third-order valence-corrected chi connectivity index (χ3v) is 5.01. The monoisotopic (exact) mass is 289 g/mol. The minimum atomic E-state index is 0.0935. The van der Waals surface area contributed by atoms with E-state index in [1.165, 1.54) is 25.7 Å². The number of benzene rings is 1. The van der Waals surface area contributed by atoms with Crippen molar-refractivity contribution in [2.45, 2.75) is 32.1 Å². The highest BCUT2D eigenvalue weighted by atomic mass is 16.5. The van der Waals surface area contributed by atoms with Crippen molar-refractivity contribution >= 4 is 11.6 Å². The Hall–Kier alpha value is -1.71. The number of anilines is 1. The number of methoxy groups -OCH3 is 2. The van der Waals surface area contributed by atoms with Gasteiger partial charge in [0.05, 0.1) is 19.9 Å². The van der Waals surface area contributed by atoms with E-state index in [-0.39, 0.29) is 5.91 Å². The van der Waals surface area contributed by atoms with Crippen LogP contribution in [-0.4, -0.2) is 20.1 Å². The number of carbonyl (C=O) groups excluding carboxylic acids is 1. The third-order valence-electron chi connectivity index (χ3n) is 5.01. The van der Waals surface area contributed by atoms with Gasteiger partial charge in [0.2, 0.25) is 5.91 Å². The van der Waals surface area contributed by atoms with Crippen LogP contribution < -0.4 is 14.8 Å². The van der Waals surface area contributed by atoms with Crippen molar-refractivity contribution in [3.05, 3.63) is 18.2 Å². The maximum atomic E-state index is 12.3. The van der Waals surface area contributed by atoms with Gasteiger partial charge < -0.3 is 14.8 Å². The SMILES string of the molecule is COc1ccc(NC(=O)CC2CC3CCC2C3)c(OC)c1. The number of rotatable bonds is 5. The van der Waals surface area contributed by atoms with Gasteiger partial charge in [-0.3, -0.25) is 4.79 Å². The molecule has 0 aromatic heterocycles. The number of hydrogen-bond acceptors (Lipinski definition) is 3. The molecule has 1 N–H and O–H groups in total. The molecule has 2 saturated carbocycles. The summed E-state index contributed by atoms with van der Waals surface area (Å²) in [4.78, 5) is 12.3. The molecule has 1 aromatic rings. The molecule has 2 bridgehead atoms. The highest BCUT2D eigenvalue weighted by Crippen LogP contribution is 2.49. The summed E-state index contributed by atoms with van der Waals surface area (Å²) in [5.41, 5.74) is 0.714. The molecular formula is C17H23NO3. The summed E-state index contributed by atoms with van der Waals surface area (Å²) in [6.07, 6.45) is 5.89. The first kappa shape index (κ1) is 14.2. The zero-order valence-electron chi connectivity index (χ0n) is 12.7. The summed E-state index contributed by atoms with van der Waals surface area (Å²) in [5, 5.41) is 2.98. The fraction of sp³-hybridized carbons (Fsp3) is 0.588. The Morgan fingerprint density at radius 1 is 1.24 bits per heavy atom. The number of hydrogen-bond donors (Lipinski definition) is 1. The van der Waals surface area contributed by atoms with Gasteiger partial charge in [0.25, 0.3) is 0 Å². The number of carbonyl (C=O) groups is 1. The lowest BCUT2D eigenvalue weighted by atomic mass is 9.86. The summed E-state index contributed by atoms with van der Waals surface area (Å²) in [7, 11) is 3.21. The first-order valence-corrected chi connectivity index (χ1v) is 7.71. The van der Waals surface area contributed by atoms with Crippen LogP contribution in [0.1, 0.15) is 32.1 Å². The van der Waals surface area contributed by atoms with E-state index in [1.807, 2.05) is 12.1 Å². The van der Waals surface area contributed by atoms with E-state index in [0.29, 0.717) is 23.8 Å². The van der Waals surface area contributed by atoms with E-state index in [4.69, 9.17) is 9.47 Å². The Balaban J connectivity index is 1.62. The lowest BCUT2D eigenvalue weighted by molar-refractivity contribution is -0.117. The first-order chi connectivity index (χ1) is 10.2. The fourth-order valence-electron chi connectivity index (χ4n) is 3.97. The maximum absolute atomic E-state index is 12.3. The van der Waals surface area contributed by atoms with Gasteiger partial charge in [-0.25, -0.2) is 0 Å². The summed E-state index contributed by atoms with van der Waals surface area (Å²) >= 11 is 0. The molecule has 1 amide bonds. The molecule has 0 spiro atoms. The van der Waals surface area contributed by atoms with Crippen LogP contribution in [0.4, 0.5) is 5.69 Å². The summed E-state index contributed by atoms with van der Waals surface area (Å²) in [6, 6.07) is 5.44. The summed E-state index contributed by atoms with van der Waals surface area (Å²) < 4.78 is 10.5. The number of ether oxygens (including phenoxy) is 2. The fourth-order valence-corrected chi connectivity index (χ4v) is 3.97. The molecule has 0 heterocycles. The maximum Gasteiger partial charge on any atom is 0.224 e. The van der Waals surface area contributed by atoms with E-state index in [9.17, 15) is 4.79 Å². The van der Waals surface area contributed by atoms with Crippen LogP contribution in [0.25, 0.3) is 0 Å². The molecule has 2 fully saturated rings. The molecule has 21 heavy (non-hydrogen) atoms. The standard InChI is InChI=1S/C17H23NO3/c1-20-14-5-6-15(16(10-14)21-2)18-17(19)9-13-8-11-3-4-12(13)7-11/h5-6,10-13H,3-4,7-9H2,1-2H3,(H,18,19). The molecule has 3 unspecified atom stereocenters. The van der Waals surface area contributed by atoms with E-state index < -0.39 is 0 Å². The molecule has 4 nitrogen and oxygen atoms in total. The molecular weight excluding hydrogens is 266 g/mol. The molecule has 0 saturated heterocycles. The molecule has 1 aromatic carbocycles. The Morgan fingerprint density at radius 3 is 2.71 bits per heavy atom. The van der Waals surface area contributed by atoms with Crippen LogP contribution >= 0.6 is 0 Å². The van der Waals surface area contributed by atoms with E-state index >= 15 is 0 Å². The minimum absolute atomic E-state index is 0.0935. The van der Waals surface area contributed by atoms with Gasteiger partial charge in [-0.15, -0.1) is 0 Å². The highest BCUT2D eigenvalue weighted by molar-refractivity contribution is 5.92. The summed E-state index contributed by atoms with van der Waals surface area (Å²) in [5.74, 6) is 3.68. The van der Waals surface area contributed by atoms with E-state index in [2.05, 4.69) is 5.32 Å². The molecule has 3 atom stereocenters. The van der Waals surface area contributed by atoms with Crippen LogP contribution in [-0.2, 0) is 4.79 Å². The van der Waals surface area contributed by atoms with Gasteiger partial charge in [0.15, 0.2) is 0 Å². The molecule has 2 aliphatic rings. The van der Waals surface area contributed by atoms with E-state index in [1.54, 1.807) is 20.3 Å². The Morgan fingerprint density at radius 2 is 2.10 bits per heavy atom. The van der Waals surface area contributed by atoms with Crippen molar-refractivity contribution in [3.8, 4) is 11.5 Å². The number of fused-ring (bicyclic) bond motifs is 2. The second-order valence-electron chi connectivity index (χ2n) is 6.25. The van der Waals surface area contributed by atoms with Crippen LogP contribution in [0.5, 0.6) is 11.5 Å². The lowest BCUT2D eigenvalue weighted by Crippen LogP contribution is -2.20. The van der Waals surface area contributed by atoms with Gasteiger partial charge in [-0.2, -0.15) is 0 Å². The zero-order chi connectivity index (χ0) is 14.8. The van der Waals surface area contributed by atoms with Gasteiger partial charge in [-0.05, 0) is 49.1 Å². The van der Waals surface area contributed by atoms with Gasteiger partial charge in [0.1, 0.15) is 11.5 Å². The van der Waals surface area contributed by atoms with Crippen LogP contribution in [0.3, 0.4) is 0 Å². The number of nitrogens with one attached hydrogen (secondary N) is 1. The second kappa shape index (κ2) is 5.96. The molecule has 114 valence electrons. The highest BCUT2D eigenvalue weighted by Gasteiger charge is 2.40. The average Bonchev–Trinajstić information content (AvgIpc) is 3.10. The second-order valence-corrected chi connectivity index (χ2v) is 6.25. The topological polar surface area (TPSA) is 47.6 Å². The first-order valence-electron chi connectivity index (χ1n) is 7.71. The van der Waals surface area contributed by atoms with Crippen molar-refractivity contribution in [1.29, 1.82) is 0 Å². The number of amides is 1. The van der Waals surface area contributed by atoms with Gasteiger partial charge in [0, 0.05) is 12.5 Å². The molecule has 0 radical (unpaired) electrons. The van der Waals surface area contributed by atoms with Crippen LogP contribution in [0.2, 0.25) is 0 Å². The smallest absolute Gasteiger partial charge is 0.224 e. The molecule has 0 aliphatic heterocycles. The quantitative estimate of drug-likeness (QED) is 0.903. The van der Waals surface area contributed by atoms with Crippen molar-refractivity contribution in [1.82, 2.24) is 0 Å². The predicted molar refractivity (Wildman–Crippen MR) is 81.7 cm³/mol. The van der Waals surface area contributed by atoms with Crippen LogP contribution in [0, 0.1) is 17.8 Å². The molecule has 3 rings (SSSR count). The van der Waals surface area contributed by atoms with Gasteiger partial charge in [-0.1, -0.05) is 6.42 Å². The normalized spacial score (nSPS) is 26.7. The Labute approximate surface area is 125 Å². The largest absolute Gasteiger partial charge is 0.497 e. The predicted octanol–water partition coefficient (Wildman–Crippen LogP) is 3.47. The lowest BCUT2D eigenvalue weighted by Gasteiger charge is -2.21. The van der Waals surface area contributed by atoms with Crippen molar-refractivity contribution in [2.24, 2.45) is 17.8 Å². The van der Waals surface area contributed by atoms with Gasteiger partial charge >= 0.3 is 0 Å². The molecule has 2 aliphatic carbocycles. The molecule has 4 heteroatoms. The zero-order valence-corrected chi connectivity index (χ0v) is 12.7. The Kier molecular flexibility index (Phi) is 4.04. The minimum Gasteiger partial charge on any atom is -0.497 e. The summed E-state index contributed by atoms with van der Waals surface area (Å²) in [6.45, 7) is 0. The van der Waals surface area contributed by atoms with Crippen LogP contribution in [0.15, 0.2) is 18.2 Å². The van der Waals surface area contributed by atoms with Crippen molar-refractivity contribution in [2.75, 3.05) is 19.5 Å². The third kappa shape index (κ3) is 2.99. The Bertz CT molecular complexity index is 529. The van der Waals surface area contributed by atoms with Crippen molar-refractivity contribution in [3.63, 3.8) is 0 Å². The average molecular weight is 289 g/mol. The van der Waals surface area contributed by atoms with Crippen molar-refractivity contribution < 1.29 is 14.3 Å². The van der Waals surface area contributed by atoms with E-state index in [0.717, 1.165) is 17.6 Å².